The molecule has 0 aliphatic carbocycles. The van der Waals surface area contributed by atoms with Crippen LogP contribution in [0, 0.1) is 0 Å². The summed E-state index contributed by atoms with van der Waals surface area (Å²) >= 11 is 0. The first-order valence-electron chi connectivity index (χ1n) is 16.6. The SMILES string of the molecule is c1cnn(C(c2nc(C(n3cccn3)(n3cccn3)n3cccn3)nc(C(n3cccn3)(n3cccn3)n3cccn3)n2)(n2cccn2)n2cccn2)c1. The highest BCUT2D eigenvalue weighted by Crippen LogP contribution is 2.35. The second kappa shape index (κ2) is 12.0. The third-order valence-corrected chi connectivity index (χ3v) is 8.95. The molecule has 0 aromatic carbocycles. The normalized spacial score (nSPS) is 12.4. The number of nitrogens with zero attached hydrogens (tertiary/aromatic N) is 21. The summed E-state index contributed by atoms with van der Waals surface area (Å²) in [6.07, 6.45) is 31.0. The molecule has 0 N–H and O–H groups in total. The molecule has 0 unspecified atom stereocenters. The standard InChI is InChI=1S/C33H27N21/c1-10-34-46(19-1)31(47-20-2-11-35-47,48-21-3-12-36-48)28-43-29(32(49-22-4-13-37-49,50-23-5-14-38-50)51-24-6-15-39-51)45-30(44-28)33(52-25-7-16-40-52,53-26-8-17-41-53)54-27-9-18-42-54/h1-27H. The van der Waals surface area contributed by atoms with Crippen LogP contribution >= 0.6 is 0 Å². The maximum atomic E-state index is 5.40. The van der Waals surface area contributed by atoms with Crippen LogP contribution in [0.2, 0.25) is 0 Å². The largest absolute Gasteiger partial charge is 0.311 e. The molecule has 0 saturated carbocycles. The highest BCUT2D eigenvalue weighted by molar-refractivity contribution is 5.23. The highest BCUT2D eigenvalue weighted by Gasteiger charge is 2.53. The molecular formula is C33H27N21. The van der Waals surface area contributed by atoms with E-state index in [4.69, 9.17) is 60.8 Å². The summed E-state index contributed by atoms with van der Waals surface area (Å²) in [5.41, 5.74) is 0. The van der Waals surface area contributed by atoms with E-state index >= 15 is 0 Å². The van der Waals surface area contributed by atoms with Gasteiger partial charge in [0.2, 0.25) is 17.5 Å². The number of hydrogen-bond acceptors (Lipinski definition) is 12. The van der Waals surface area contributed by atoms with Crippen LogP contribution in [0.15, 0.2) is 166 Å². The lowest BCUT2D eigenvalue weighted by molar-refractivity contribution is 0.122. The van der Waals surface area contributed by atoms with Crippen LogP contribution in [0.5, 0.6) is 0 Å². The molecule has 10 rings (SSSR count). The zero-order valence-electron chi connectivity index (χ0n) is 28.0. The molecule has 0 atom stereocenters. The van der Waals surface area contributed by atoms with Crippen molar-refractivity contribution in [1.82, 2.24) is 103 Å². The van der Waals surface area contributed by atoms with Gasteiger partial charge in [0.15, 0.2) is 0 Å². The van der Waals surface area contributed by atoms with Crippen LogP contribution in [-0.2, 0) is 17.4 Å². The first kappa shape index (κ1) is 30.7. The van der Waals surface area contributed by atoms with Crippen molar-refractivity contribution in [3.8, 4) is 0 Å². The topological polar surface area (TPSA) is 199 Å². The van der Waals surface area contributed by atoms with Crippen molar-refractivity contribution >= 4 is 0 Å². The van der Waals surface area contributed by atoms with Crippen molar-refractivity contribution < 1.29 is 0 Å². The molecule has 0 amide bonds. The van der Waals surface area contributed by atoms with Gasteiger partial charge < -0.3 is 0 Å². The van der Waals surface area contributed by atoms with Crippen LogP contribution in [0.25, 0.3) is 0 Å². The second-order valence-electron chi connectivity index (χ2n) is 11.8. The summed E-state index contributed by atoms with van der Waals surface area (Å²) in [7, 11) is 0. The smallest absolute Gasteiger partial charge is 0.218 e. The average Bonchev–Trinajstić information content (AvgIpc) is 4.07. The van der Waals surface area contributed by atoms with E-state index < -0.39 is 17.4 Å². The molecular weight excluding hydrogens is 691 g/mol. The van der Waals surface area contributed by atoms with Crippen LogP contribution < -0.4 is 0 Å². The zero-order valence-corrected chi connectivity index (χ0v) is 28.0. The van der Waals surface area contributed by atoms with E-state index in [1.54, 1.807) is 208 Å². The van der Waals surface area contributed by atoms with Gasteiger partial charge in [0.25, 0.3) is 0 Å². The molecule has 21 heteroatoms. The molecule has 0 radical (unpaired) electrons. The lowest BCUT2D eigenvalue weighted by Crippen LogP contribution is -2.57. The lowest BCUT2D eigenvalue weighted by Gasteiger charge is -2.38. The Bertz CT molecular complexity index is 2070. The quantitative estimate of drug-likeness (QED) is 0.173. The van der Waals surface area contributed by atoms with Gasteiger partial charge in [-0.05, 0) is 54.6 Å². The fourth-order valence-electron chi connectivity index (χ4n) is 6.77. The van der Waals surface area contributed by atoms with E-state index in [1.165, 1.54) is 0 Å². The molecule has 0 saturated heterocycles. The van der Waals surface area contributed by atoms with E-state index in [-0.39, 0.29) is 17.5 Å². The minimum Gasteiger partial charge on any atom is -0.218 e. The summed E-state index contributed by atoms with van der Waals surface area (Å²) in [4.78, 5) is 16.2. The molecule has 54 heavy (non-hydrogen) atoms. The van der Waals surface area contributed by atoms with Crippen molar-refractivity contribution in [1.29, 1.82) is 0 Å². The predicted octanol–water partition coefficient (Wildman–Crippen LogP) is 0.906. The third-order valence-electron chi connectivity index (χ3n) is 8.95. The molecule has 0 aliphatic heterocycles. The summed E-state index contributed by atoms with van der Waals surface area (Å²) < 4.78 is 15.0. The second-order valence-corrected chi connectivity index (χ2v) is 11.8. The van der Waals surface area contributed by atoms with Crippen LogP contribution in [0.1, 0.15) is 17.5 Å². The van der Waals surface area contributed by atoms with E-state index in [2.05, 4.69) is 0 Å². The minimum absolute atomic E-state index is 0.130. The third kappa shape index (κ3) is 4.19. The minimum atomic E-state index is -1.61. The van der Waals surface area contributed by atoms with Crippen molar-refractivity contribution in [3.05, 3.63) is 184 Å². The van der Waals surface area contributed by atoms with Crippen molar-refractivity contribution in [3.63, 3.8) is 0 Å². The van der Waals surface area contributed by atoms with Crippen molar-refractivity contribution in [2.24, 2.45) is 0 Å². The molecule has 0 bridgehead atoms. The Morgan fingerprint density at radius 3 is 0.500 bits per heavy atom. The van der Waals surface area contributed by atoms with Gasteiger partial charge in [-0.25, -0.2) is 57.1 Å². The zero-order chi connectivity index (χ0) is 36.0. The monoisotopic (exact) mass is 717 g/mol. The molecule has 0 aliphatic rings. The summed E-state index contributed by atoms with van der Waals surface area (Å²) in [5, 5.41) is 42.7. The maximum Gasteiger partial charge on any atom is 0.311 e. The van der Waals surface area contributed by atoms with Gasteiger partial charge in [-0.1, -0.05) is 0 Å². The molecule has 10 heterocycles. The molecule has 10 aromatic heterocycles. The maximum absolute atomic E-state index is 5.40. The Labute approximate surface area is 303 Å². The van der Waals surface area contributed by atoms with Crippen LogP contribution in [0.4, 0.5) is 0 Å². The number of aromatic nitrogens is 21. The molecule has 21 nitrogen and oxygen atoms in total. The number of rotatable bonds is 12. The Morgan fingerprint density at radius 2 is 0.389 bits per heavy atom. The van der Waals surface area contributed by atoms with E-state index in [0.29, 0.717) is 0 Å². The molecule has 10 aromatic rings. The van der Waals surface area contributed by atoms with E-state index in [1.807, 2.05) is 0 Å². The van der Waals surface area contributed by atoms with Gasteiger partial charge >= 0.3 is 17.4 Å². The van der Waals surface area contributed by atoms with Gasteiger partial charge in [-0.15, -0.1) is 0 Å². The summed E-state index contributed by atoms with van der Waals surface area (Å²) in [6.45, 7) is 0. The Kier molecular flexibility index (Phi) is 6.83. The van der Waals surface area contributed by atoms with Gasteiger partial charge in [0.1, 0.15) is 0 Å². The summed E-state index contributed by atoms with van der Waals surface area (Å²) in [6, 6.07) is 16.2. The van der Waals surface area contributed by atoms with Crippen LogP contribution in [0.3, 0.4) is 0 Å². The molecule has 0 fully saturated rings. The Hall–Kier alpha value is -8.10. The fraction of sp³-hybridized carbons (Fsp3) is 0.0909. The van der Waals surface area contributed by atoms with E-state index in [9.17, 15) is 0 Å². The van der Waals surface area contributed by atoms with Crippen LogP contribution in [-0.4, -0.2) is 103 Å². The number of hydrogen-bond donors (Lipinski definition) is 0. The van der Waals surface area contributed by atoms with E-state index in [0.717, 1.165) is 0 Å². The first-order valence-corrected chi connectivity index (χ1v) is 16.6. The lowest BCUT2D eigenvalue weighted by atomic mass is 10.2. The van der Waals surface area contributed by atoms with Crippen molar-refractivity contribution in [2.75, 3.05) is 0 Å². The summed E-state index contributed by atoms with van der Waals surface area (Å²) in [5.74, 6) is -4.45. The highest BCUT2D eigenvalue weighted by atomic mass is 15.7. The Morgan fingerprint density at radius 1 is 0.241 bits per heavy atom. The van der Waals surface area contributed by atoms with Gasteiger partial charge in [0.05, 0.1) is 0 Å². The van der Waals surface area contributed by atoms with Gasteiger partial charge in [0, 0.05) is 112 Å². The van der Waals surface area contributed by atoms with Crippen molar-refractivity contribution in [2.45, 2.75) is 17.4 Å². The van der Waals surface area contributed by atoms with Gasteiger partial charge in [-0.3, -0.25) is 0 Å². The van der Waals surface area contributed by atoms with Gasteiger partial charge in [-0.2, -0.15) is 45.9 Å². The molecule has 264 valence electrons. The molecule has 0 spiro atoms. The Balaban J connectivity index is 1.43. The predicted molar refractivity (Wildman–Crippen MR) is 183 cm³/mol. The first-order chi connectivity index (χ1) is 26.8. The fourth-order valence-corrected chi connectivity index (χ4v) is 6.77. The average molecular weight is 718 g/mol.